The molecule has 1 aliphatic rings. The molecule has 1 atom stereocenters. The van der Waals surface area contributed by atoms with Crippen LogP contribution in [0.25, 0.3) is 0 Å². The lowest BCUT2D eigenvalue weighted by atomic mass is 10.2. The molecule has 0 radical (unpaired) electrons. The second-order valence-electron chi connectivity index (χ2n) is 8.25. The van der Waals surface area contributed by atoms with Crippen molar-refractivity contribution in [3.05, 3.63) is 88.4 Å². The van der Waals surface area contributed by atoms with E-state index in [1.165, 1.54) is 11.3 Å². The predicted molar refractivity (Wildman–Crippen MR) is 139 cm³/mol. The zero-order valence-electron chi connectivity index (χ0n) is 18.6. The first kappa shape index (κ1) is 23.4. The summed E-state index contributed by atoms with van der Waals surface area (Å²) in [6.45, 7) is 6.89. The Morgan fingerprint density at radius 3 is 2.30 bits per heavy atom. The lowest BCUT2D eigenvalue weighted by Gasteiger charge is -2.36. The van der Waals surface area contributed by atoms with Crippen LogP contribution in [-0.2, 0) is 11.3 Å². The zero-order chi connectivity index (χ0) is 23.2. The minimum atomic E-state index is -0.438. The third-order valence-corrected chi connectivity index (χ3v) is 6.66. The Hall–Kier alpha value is -2.73. The molecule has 0 bridgehead atoms. The molecule has 3 aromatic rings. The Bertz CT molecular complexity index is 1070. The largest absolute Gasteiger partial charge is 0.374 e. The van der Waals surface area contributed by atoms with Crippen LogP contribution in [0.3, 0.4) is 0 Å². The van der Waals surface area contributed by atoms with Crippen molar-refractivity contribution in [1.82, 2.24) is 4.90 Å². The summed E-state index contributed by atoms with van der Waals surface area (Å²) in [5.74, 6) is -0.183. The van der Waals surface area contributed by atoms with Crippen LogP contribution in [0.1, 0.15) is 12.5 Å². The quantitative estimate of drug-likeness (QED) is 0.449. The van der Waals surface area contributed by atoms with Gasteiger partial charge in [0, 0.05) is 44.1 Å². The van der Waals surface area contributed by atoms with Crippen molar-refractivity contribution in [2.75, 3.05) is 41.7 Å². The first-order chi connectivity index (χ1) is 16.0. The lowest BCUT2D eigenvalue weighted by Crippen LogP contribution is -2.45. The maximum Gasteiger partial charge on any atom is 0.246 e. The molecule has 1 heterocycles. The molecule has 0 aliphatic carbocycles. The smallest absolute Gasteiger partial charge is 0.246 e. The molecule has 1 fully saturated rings. The van der Waals surface area contributed by atoms with E-state index in [-0.39, 0.29) is 5.91 Å². The highest BCUT2D eigenvalue weighted by atomic mass is 35.5. The highest BCUT2D eigenvalue weighted by Gasteiger charge is 2.18. The highest BCUT2D eigenvalue weighted by Crippen LogP contribution is 2.29. The summed E-state index contributed by atoms with van der Waals surface area (Å²) in [4.78, 5) is 17.5. The number of halogens is 2. The molecule has 172 valence electrons. The molecule has 1 unspecified atom stereocenters. The van der Waals surface area contributed by atoms with Crippen molar-refractivity contribution in [2.24, 2.45) is 0 Å². The number of benzene rings is 3. The van der Waals surface area contributed by atoms with Gasteiger partial charge in [-0.15, -0.1) is 0 Å². The molecular weight excluding hydrogens is 455 g/mol. The standard InChI is InChI=1S/C26H28Cl2N4O/c1-19(26(33)30-24-9-5-8-23(27)25(24)28)29-21-10-12-22(13-11-21)32-16-14-31(15-17-32)18-20-6-3-2-4-7-20/h2-13,19,29H,14-18H2,1H3,(H,30,33). The van der Waals surface area contributed by atoms with Crippen molar-refractivity contribution in [3.8, 4) is 0 Å². The Morgan fingerprint density at radius 2 is 1.61 bits per heavy atom. The number of anilines is 3. The fraction of sp³-hybridized carbons (Fsp3) is 0.269. The van der Waals surface area contributed by atoms with E-state index in [4.69, 9.17) is 23.2 Å². The molecule has 0 spiro atoms. The predicted octanol–water partition coefficient (Wildman–Crippen LogP) is 5.75. The average molecular weight is 483 g/mol. The average Bonchev–Trinajstić information content (AvgIpc) is 2.84. The van der Waals surface area contributed by atoms with Gasteiger partial charge in [-0.1, -0.05) is 59.6 Å². The summed E-state index contributed by atoms with van der Waals surface area (Å²) in [5.41, 5.74) is 3.95. The number of hydrogen-bond acceptors (Lipinski definition) is 4. The number of nitrogens with one attached hydrogen (secondary N) is 2. The maximum atomic E-state index is 12.6. The number of hydrogen-bond donors (Lipinski definition) is 2. The van der Waals surface area contributed by atoms with Gasteiger partial charge in [-0.3, -0.25) is 9.69 Å². The molecular formula is C26H28Cl2N4O. The van der Waals surface area contributed by atoms with Crippen LogP contribution in [0.2, 0.25) is 10.0 Å². The number of rotatable bonds is 7. The van der Waals surface area contributed by atoms with E-state index in [9.17, 15) is 4.79 Å². The SMILES string of the molecule is CC(Nc1ccc(N2CCN(Cc3ccccc3)CC2)cc1)C(=O)Nc1cccc(Cl)c1Cl. The van der Waals surface area contributed by atoms with E-state index in [0.29, 0.717) is 15.7 Å². The summed E-state index contributed by atoms with van der Waals surface area (Å²) < 4.78 is 0. The molecule has 1 saturated heterocycles. The summed E-state index contributed by atoms with van der Waals surface area (Å²) in [7, 11) is 0. The van der Waals surface area contributed by atoms with Crippen molar-refractivity contribution in [3.63, 3.8) is 0 Å². The van der Waals surface area contributed by atoms with E-state index in [2.05, 4.69) is 62.9 Å². The second kappa shape index (κ2) is 10.9. The number of nitrogens with zero attached hydrogens (tertiary/aromatic N) is 2. The number of carbonyl (C=O) groups is 1. The van der Waals surface area contributed by atoms with E-state index < -0.39 is 6.04 Å². The van der Waals surface area contributed by atoms with E-state index in [1.54, 1.807) is 18.2 Å². The fourth-order valence-electron chi connectivity index (χ4n) is 3.93. The molecule has 5 nitrogen and oxygen atoms in total. The third-order valence-electron chi connectivity index (χ3n) is 5.84. The van der Waals surface area contributed by atoms with Crippen LogP contribution in [0, 0.1) is 0 Å². The summed E-state index contributed by atoms with van der Waals surface area (Å²) in [5, 5.41) is 6.82. The van der Waals surface area contributed by atoms with Crippen LogP contribution in [-0.4, -0.2) is 43.0 Å². The van der Waals surface area contributed by atoms with Crippen molar-refractivity contribution >= 4 is 46.2 Å². The fourth-order valence-corrected chi connectivity index (χ4v) is 4.28. The Kier molecular flexibility index (Phi) is 7.76. The van der Waals surface area contributed by atoms with Crippen LogP contribution < -0.4 is 15.5 Å². The summed E-state index contributed by atoms with van der Waals surface area (Å²) in [6, 6.07) is 23.6. The van der Waals surface area contributed by atoms with Crippen molar-refractivity contribution in [1.29, 1.82) is 0 Å². The number of carbonyl (C=O) groups excluding carboxylic acids is 1. The van der Waals surface area contributed by atoms with E-state index in [1.807, 2.05) is 19.1 Å². The van der Waals surface area contributed by atoms with Gasteiger partial charge >= 0.3 is 0 Å². The normalized spacial score (nSPS) is 15.2. The molecule has 0 aromatic heterocycles. The van der Waals surface area contributed by atoms with Crippen LogP contribution in [0.5, 0.6) is 0 Å². The molecule has 3 aromatic carbocycles. The summed E-state index contributed by atoms with van der Waals surface area (Å²) in [6.07, 6.45) is 0. The van der Waals surface area contributed by atoms with Gasteiger partial charge in [0.1, 0.15) is 6.04 Å². The number of amides is 1. The van der Waals surface area contributed by atoms with E-state index >= 15 is 0 Å². The molecule has 1 aliphatic heterocycles. The van der Waals surface area contributed by atoms with Gasteiger partial charge in [0.15, 0.2) is 0 Å². The van der Waals surface area contributed by atoms with Gasteiger partial charge in [-0.05, 0) is 48.9 Å². The monoisotopic (exact) mass is 482 g/mol. The van der Waals surface area contributed by atoms with E-state index in [0.717, 1.165) is 38.4 Å². The molecule has 7 heteroatoms. The van der Waals surface area contributed by atoms with Crippen molar-refractivity contribution in [2.45, 2.75) is 19.5 Å². The zero-order valence-corrected chi connectivity index (χ0v) is 20.1. The first-order valence-electron chi connectivity index (χ1n) is 11.1. The minimum absolute atomic E-state index is 0.183. The molecule has 33 heavy (non-hydrogen) atoms. The van der Waals surface area contributed by atoms with Crippen LogP contribution >= 0.6 is 23.2 Å². The van der Waals surface area contributed by atoms with Crippen LogP contribution in [0.4, 0.5) is 17.1 Å². The van der Waals surface area contributed by atoms with Gasteiger partial charge in [0.25, 0.3) is 0 Å². The van der Waals surface area contributed by atoms with Gasteiger partial charge in [-0.2, -0.15) is 0 Å². The summed E-state index contributed by atoms with van der Waals surface area (Å²) >= 11 is 12.2. The third kappa shape index (κ3) is 6.20. The topological polar surface area (TPSA) is 47.6 Å². The molecule has 0 saturated carbocycles. The Balaban J connectivity index is 1.27. The molecule has 1 amide bonds. The van der Waals surface area contributed by atoms with Gasteiger partial charge in [0.05, 0.1) is 15.7 Å². The Morgan fingerprint density at radius 1 is 0.909 bits per heavy atom. The van der Waals surface area contributed by atoms with Crippen LogP contribution in [0.15, 0.2) is 72.8 Å². The minimum Gasteiger partial charge on any atom is -0.374 e. The van der Waals surface area contributed by atoms with Crippen molar-refractivity contribution < 1.29 is 4.79 Å². The molecule has 2 N–H and O–H groups in total. The second-order valence-corrected chi connectivity index (χ2v) is 9.04. The highest BCUT2D eigenvalue weighted by molar-refractivity contribution is 6.44. The molecule has 4 rings (SSSR count). The Labute approximate surface area is 205 Å². The lowest BCUT2D eigenvalue weighted by molar-refractivity contribution is -0.116. The van der Waals surface area contributed by atoms with Gasteiger partial charge < -0.3 is 15.5 Å². The van der Waals surface area contributed by atoms with Gasteiger partial charge in [0.2, 0.25) is 5.91 Å². The first-order valence-corrected chi connectivity index (χ1v) is 11.9. The number of piperazine rings is 1. The maximum absolute atomic E-state index is 12.6. The van der Waals surface area contributed by atoms with Gasteiger partial charge in [-0.25, -0.2) is 0 Å².